The van der Waals surface area contributed by atoms with Crippen molar-refractivity contribution in [3.05, 3.63) is 82.4 Å². The summed E-state index contributed by atoms with van der Waals surface area (Å²) in [7, 11) is 0. The van der Waals surface area contributed by atoms with Gasteiger partial charge in [-0.25, -0.2) is 4.98 Å². The van der Waals surface area contributed by atoms with Gasteiger partial charge in [0.1, 0.15) is 5.65 Å². The number of rotatable bonds is 7. The van der Waals surface area contributed by atoms with Gasteiger partial charge in [-0.3, -0.25) is 18.9 Å². The maximum absolute atomic E-state index is 12.3. The molecule has 6 heteroatoms. The van der Waals surface area contributed by atoms with Gasteiger partial charge in [-0.15, -0.1) is 0 Å². The minimum absolute atomic E-state index is 0.137. The molecule has 3 rings (SSSR count). The second-order valence-corrected chi connectivity index (χ2v) is 5.95. The normalized spacial score (nSPS) is 11.0. The molecular weight excluding hydrogens is 330 g/mol. The van der Waals surface area contributed by atoms with E-state index in [2.05, 4.69) is 4.98 Å². The average Bonchev–Trinajstić information content (AvgIpc) is 2.63. The van der Waals surface area contributed by atoms with E-state index in [1.54, 1.807) is 25.3 Å². The lowest BCUT2D eigenvalue weighted by Gasteiger charge is -2.21. The minimum atomic E-state index is -0.291. The predicted octanol–water partition coefficient (Wildman–Crippen LogP) is 2.26. The van der Waals surface area contributed by atoms with Crippen molar-refractivity contribution in [2.24, 2.45) is 0 Å². The summed E-state index contributed by atoms with van der Waals surface area (Å²) in [6, 6.07) is 16.8. The van der Waals surface area contributed by atoms with Gasteiger partial charge in [0.25, 0.3) is 5.56 Å². The molecule has 0 saturated carbocycles. The van der Waals surface area contributed by atoms with Crippen molar-refractivity contribution >= 4 is 11.6 Å². The Morgan fingerprint density at radius 2 is 1.88 bits per heavy atom. The molecule has 0 N–H and O–H groups in total. The first-order chi connectivity index (χ1) is 12.7. The van der Waals surface area contributed by atoms with E-state index in [4.69, 9.17) is 4.74 Å². The van der Waals surface area contributed by atoms with Crippen LogP contribution in [0.5, 0.6) is 0 Å². The van der Waals surface area contributed by atoms with Crippen molar-refractivity contribution < 1.29 is 9.53 Å². The average molecular weight is 351 g/mol. The lowest BCUT2D eigenvalue weighted by atomic mass is 10.2. The van der Waals surface area contributed by atoms with Gasteiger partial charge in [0.15, 0.2) is 0 Å². The molecule has 6 nitrogen and oxygen atoms in total. The number of hydrogen-bond donors (Lipinski definition) is 0. The van der Waals surface area contributed by atoms with Gasteiger partial charge in [-0.05, 0) is 24.6 Å². The van der Waals surface area contributed by atoms with Crippen LogP contribution in [0.3, 0.4) is 0 Å². The highest BCUT2D eigenvalue weighted by Gasteiger charge is 2.14. The first-order valence-corrected chi connectivity index (χ1v) is 8.55. The number of pyridine rings is 1. The van der Waals surface area contributed by atoms with Crippen molar-refractivity contribution in [2.45, 2.75) is 20.0 Å². The highest BCUT2D eigenvalue weighted by molar-refractivity contribution is 5.71. The summed E-state index contributed by atoms with van der Waals surface area (Å²) in [5.74, 6) is -0.291. The van der Waals surface area contributed by atoms with Crippen molar-refractivity contribution in [1.82, 2.24) is 14.3 Å². The first kappa shape index (κ1) is 17.8. The topological polar surface area (TPSA) is 63.9 Å². The third kappa shape index (κ3) is 4.55. The summed E-state index contributed by atoms with van der Waals surface area (Å²) in [6.45, 7) is 3.21. The number of carbonyl (C=O) groups is 1. The van der Waals surface area contributed by atoms with Gasteiger partial charge in [-0.2, -0.15) is 0 Å². The highest BCUT2D eigenvalue weighted by atomic mass is 16.5. The smallest absolute Gasteiger partial charge is 0.320 e. The Morgan fingerprint density at radius 3 is 2.65 bits per heavy atom. The predicted molar refractivity (Wildman–Crippen MR) is 98.7 cm³/mol. The van der Waals surface area contributed by atoms with Crippen LogP contribution in [0.2, 0.25) is 0 Å². The molecule has 0 aliphatic carbocycles. The molecule has 0 spiro atoms. The first-order valence-electron chi connectivity index (χ1n) is 8.55. The van der Waals surface area contributed by atoms with Crippen LogP contribution >= 0.6 is 0 Å². The van der Waals surface area contributed by atoms with E-state index >= 15 is 0 Å². The Balaban J connectivity index is 1.84. The molecule has 0 atom stereocenters. The minimum Gasteiger partial charge on any atom is -0.465 e. The largest absolute Gasteiger partial charge is 0.465 e. The molecule has 0 radical (unpaired) electrons. The number of esters is 1. The number of hydrogen-bond acceptors (Lipinski definition) is 5. The fraction of sp³-hybridized carbons (Fsp3) is 0.250. The number of carbonyl (C=O) groups excluding carboxylic acids is 1. The summed E-state index contributed by atoms with van der Waals surface area (Å²) in [5.41, 5.74) is 2.16. The van der Waals surface area contributed by atoms with E-state index in [1.807, 2.05) is 41.3 Å². The third-order valence-electron chi connectivity index (χ3n) is 3.92. The van der Waals surface area contributed by atoms with Crippen molar-refractivity contribution in [1.29, 1.82) is 0 Å². The molecule has 3 aromatic rings. The Kier molecular flexibility index (Phi) is 5.76. The molecule has 0 aliphatic heterocycles. The number of ether oxygens (including phenoxy) is 1. The summed E-state index contributed by atoms with van der Waals surface area (Å²) >= 11 is 0. The monoisotopic (exact) mass is 351 g/mol. The van der Waals surface area contributed by atoms with Gasteiger partial charge in [0, 0.05) is 25.4 Å². The summed E-state index contributed by atoms with van der Waals surface area (Å²) in [6.07, 6.45) is 1.69. The second-order valence-electron chi connectivity index (χ2n) is 5.95. The Bertz CT molecular complexity index is 938. The Hall–Kier alpha value is -2.99. The van der Waals surface area contributed by atoms with E-state index in [0.29, 0.717) is 31.0 Å². The SMILES string of the molecule is CCOC(=O)CN(Cc1ccccc1)Cc1cc(=O)n2ccccc2n1. The molecule has 2 aromatic heterocycles. The quantitative estimate of drug-likeness (QED) is 0.611. The van der Waals surface area contributed by atoms with Gasteiger partial charge in [0.05, 0.1) is 18.8 Å². The molecule has 0 saturated heterocycles. The summed E-state index contributed by atoms with van der Waals surface area (Å²) in [5, 5.41) is 0. The fourth-order valence-corrected chi connectivity index (χ4v) is 2.81. The zero-order valence-corrected chi connectivity index (χ0v) is 14.7. The standard InChI is InChI=1S/C20H21N3O3/c1-2-26-20(25)15-22(13-16-8-4-3-5-9-16)14-17-12-19(24)23-11-7-6-10-18(23)21-17/h3-12H,2,13-15H2,1H3. The van der Waals surface area contributed by atoms with Crippen molar-refractivity contribution in [3.8, 4) is 0 Å². The van der Waals surface area contributed by atoms with Gasteiger partial charge in [0.2, 0.25) is 0 Å². The number of aromatic nitrogens is 2. The van der Waals surface area contributed by atoms with E-state index < -0.39 is 0 Å². The van der Waals surface area contributed by atoms with Crippen molar-refractivity contribution in [3.63, 3.8) is 0 Å². The molecule has 26 heavy (non-hydrogen) atoms. The van der Waals surface area contributed by atoms with Crippen LogP contribution < -0.4 is 5.56 Å². The number of benzene rings is 1. The van der Waals surface area contributed by atoms with Crippen molar-refractivity contribution in [2.75, 3.05) is 13.2 Å². The molecule has 2 heterocycles. The maximum atomic E-state index is 12.3. The molecule has 134 valence electrons. The lowest BCUT2D eigenvalue weighted by molar-refractivity contribution is -0.144. The zero-order valence-electron chi connectivity index (χ0n) is 14.7. The maximum Gasteiger partial charge on any atom is 0.320 e. The van der Waals surface area contributed by atoms with E-state index in [9.17, 15) is 9.59 Å². The molecular formula is C20H21N3O3. The molecule has 0 bridgehead atoms. The number of nitrogens with zero attached hydrogens (tertiary/aromatic N) is 3. The second kappa shape index (κ2) is 8.40. The van der Waals surface area contributed by atoms with Crippen LogP contribution in [0.4, 0.5) is 0 Å². The molecule has 0 aliphatic rings. The Morgan fingerprint density at radius 1 is 1.12 bits per heavy atom. The molecule has 0 amide bonds. The van der Waals surface area contributed by atoms with Crippen LogP contribution in [0.25, 0.3) is 5.65 Å². The molecule has 0 fully saturated rings. The fourth-order valence-electron chi connectivity index (χ4n) is 2.81. The van der Waals surface area contributed by atoms with Crippen LogP contribution in [0, 0.1) is 0 Å². The Labute approximate surface area is 151 Å². The molecule has 0 unspecified atom stereocenters. The zero-order chi connectivity index (χ0) is 18.4. The van der Waals surface area contributed by atoms with Crippen LogP contribution in [-0.2, 0) is 22.6 Å². The number of fused-ring (bicyclic) bond motifs is 1. The van der Waals surface area contributed by atoms with Crippen LogP contribution in [-0.4, -0.2) is 33.4 Å². The summed E-state index contributed by atoms with van der Waals surface area (Å²) in [4.78, 5) is 30.7. The lowest BCUT2D eigenvalue weighted by Crippen LogP contribution is -2.31. The highest BCUT2D eigenvalue weighted by Crippen LogP contribution is 2.09. The van der Waals surface area contributed by atoms with E-state index in [0.717, 1.165) is 5.56 Å². The van der Waals surface area contributed by atoms with E-state index in [1.165, 1.54) is 10.5 Å². The van der Waals surface area contributed by atoms with Gasteiger partial charge in [-0.1, -0.05) is 36.4 Å². The van der Waals surface area contributed by atoms with E-state index in [-0.39, 0.29) is 18.1 Å². The van der Waals surface area contributed by atoms with Crippen LogP contribution in [0.15, 0.2) is 65.6 Å². The summed E-state index contributed by atoms with van der Waals surface area (Å²) < 4.78 is 6.57. The van der Waals surface area contributed by atoms with Gasteiger partial charge >= 0.3 is 5.97 Å². The van der Waals surface area contributed by atoms with Gasteiger partial charge < -0.3 is 4.74 Å². The third-order valence-corrected chi connectivity index (χ3v) is 3.92. The molecule has 1 aromatic carbocycles. The van der Waals surface area contributed by atoms with Crippen LogP contribution in [0.1, 0.15) is 18.2 Å².